The minimum atomic E-state index is -0.772. The van der Waals surface area contributed by atoms with Crippen LogP contribution < -0.4 is 21.5 Å². The van der Waals surface area contributed by atoms with Gasteiger partial charge in [-0.2, -0.15) is 0 Å². The predicted octanol–water partition coefficient (Wildman–Crippen LogP) is 5.86. The van der Waals surface area contributed by atoms with Gasteiger partial charge >= 0.3 is 0 Å². The van der Waals surface area contributed by atoms with E-state index in [1.54, 1.807) is 21.3 Å². The second-order valence-corrected chi connectivity index (χ2v) is 21.8. The van der Waals surface area contributed by atoms with E-state index in [0.717, 1.165) is 28.9 Å². The van der Waals surface area contributed by atoms with Gasteiger partial charge in [0.05, 0.1) is 48.7 Å². The summed E-state index contributed by atoms with van der Waals surface area (Å²) in [6.45, 7) is 14.8. The van der Waals surface area contributed by atoms with Gasteiger partial charge in [-0.15, -0.1) is 0 Å². The van der Waals surface area contributed by atoms with Gasteiger partial charge in [0.2, 0.25) is 35.4 Å². The number of carbonyl (C=O) groups is 8. The summed E-state index contributed by atoms with van der Waals surface area (Å²) >= 11 is 0. The van der Waals surface area contributed by atoms with Crippen LogP contribution in [-0.4, -0.2) is 157 Å². The molecule has 0 unspecified atom stereocenters. The lowest BCUT2D eigenvalue weighted by Gasteiger charge is -2.43. The van der Waals surface area contributed by atoms with Crippen LogP contribution in [0.5, 0.6) is 0 Å². The summed E-state index contributed by atoms with van der Waals surface area (Å²) < 4.78 is 12.3. The SMILES string of the molecule is CC[C@H](C)[C@@H]([C@@H](CC(=O)N1CCC[C@H]1[C@H](OC)[C@@H](C)C(=O)N[C@H](/C=C/c1ccccc1)Cc1ccccc1)OC)N(C)[C@H](C(=O)NC(=O)[C@H](C(C)C)N(C)CCCC(=O)NNC(=O)CCCCCN1C(=O)C=CC1=O)C(C)C. The molecule has 8 amide bonds. The quantitative estimate of drug-likeness (QED) is 0.0385. The number of imide groups is 2. The molecule has 0 aromatic heterocycles. The van der Waals surface area contributed by atoms with Crippen LogP contribution in [0.15, 0.2) is 78.9 Å². The molecule has 0 radical (unpaired) electrons. The van der Waals surface area contributed by atoms with E-state index in [9.17, 15) is 38.4 Å². The monoisotopic (exact) mass is 1080 g/mol. The van der Waals surface area contributed by atoms with Crippen LogP contribution in [-0.2, 0) is 54.3 Å². The van der Waals surface area contributed by atoms with E-state index < -0.39 is 54.0 Å². The van der Waals surface area contributed by atoms with Crippen molar-refractivity contribution in [2.24, 2.45) is 23.7 Å². The van der Waals surface area contributed by atoms with Crippen LogP contribution >= 0.6 is 0 Å². The van der Waals surface area contributed by atoms with Gasteiger partial charge in [-0.1, -0.05) is 134 Å². The number of likely N-dealkylation sites (tertiary alicyclic amines) is 1. The zero-order chi connectivity index (χ0) is 57.5. The van der Waals surface area contributed by atoms with E-state index in [-0.39, 0.29) is 85.2 Å². The number of hydrazine groups is 1. The molecular formula is C60H90N8O10. The van der Waals surface area contributed by atoms with Gasteiger partial charge in [0.1, 0.15) is 0 Å². The summed E-state index contributed by atoms with van der Waals surface area (Å²) in [7, 11) is 6.80. The molecule has 0 saturated carbocycles. The number of hydrogen-bond acceptors (Lipinski definition) is 12. The fraction of sp³-hybridized carbons (Fsp3) is 0.600. The number of unbranched alkanes of at least 4 members (excludes halogenated alkanes) is 2. The van der Waals surface area contributed by atoms with Crippen molar-refractivity contribution in [3.63, 3.8) is 0 Å². The number of rotatable bonds is 32. The van der Waals surface area contributed by atoms with E-state index in [4.69, 9.17) is 9.47 Å². The largest absolute Gasteiger partial charge is 0.379 e. The van der Waals surface area contributed by atoms with Gasteiger partial charge in [0.25, 0.3) is 11.8 Å². The molecule has 430 valence electrons. The fourth-order valence-electron chi connectivity index (χ4n) is 11.0. The summed E-state index contributed by atoms with van der Waals surface area (Å²) in [6, 6.07) is 17.4. The van der Waals surface area contributed by atoms with Crippen molar-refractivity contribution >= 4 is 53.3 Å². The van der Waals surface area contributed by atoms with Crippen molar-refractivity contribution in [3.8, 4) is 0 Å². The average Bonchev–Trinajstić information content (AvgIpc) is 4.03. The standard InChI is InChI=1S/C60H90N8O10/c1-12-42(6)56(48(77-10)39-53(73)67-37-22-28-47(67)57(78-11)43(7)58(74)61-46(38-45-26-18-14-19-27-45)32-31-44-24-16-13-17-25-44)66(9)55(41(4)5)60(76)62-59(75)54(40(2)3)65(8)35-23-30-50(70)64-63-49(69)29-20-15-21-36-68-51(71)33-34-52(68)72/h13-14,16-19,24-27,31-34,40-43,46-48,54-57H,12,15,20-23,28-30,35-39H2,1-11H3,(H,61,74)(H,63,69)(H,64,70)(H,62,75,76)/b32-31+/t42-,43+,46+,47-,48+,54-,55-,56-,57+/m0/s1. The van der Waals surface area contributed by atoms with Gasteiger partial charge in [-0.25, -0.2) is 0 Å². The molecule has 2 aromatic carbocycles. The molecule has 18 heteroatoms. The second kappa shape index (κ2) is 32.7. The molecule has 4 N–H and O–H groups in total. The Hall–Kier alpha value is -6.08. The highest BCUT2D eigenvalue weighted by Crippen LogP contribution is 2.31. The Balaban J connectivity index is 1.35. The number of carbonyl (C=O) groups excluding carboxylic acids is 8. The zero-order valence-electron chi connectivity index (χ0n) is 48.2. The molecule has 18 nitrogen and oxygen atoms in total. The lowest BCUT2D eigenvalue weighted by Crippen LogP contribution is -2.60. The van der Waals surface area contributed by atoms with Gasteiger partial charge in [-0.3, -0.25) is 69.2 Å². The highest BCUT2D eigenvalue weighted by Gasteiger charge is 2.44. The molecule has 9 atom stereocenters. The van der Waals surface area contributed by atoms with Crippen molar-refractivity contribution in [3.05, 3.63) is 90.0 Å². The number of hydrogen-bond donors (Lipinski definition) is 4. The van der Waals surface area contributed by atoms with E-state index >= 15 is 0 Å². The molecule has 0 bridgehead atoms. The van der Waals surface area contributed by atoms with Gasteiger partial charge in [0, 0.05) is 58.3 Å². The van der Waals surface area contributed by atoms with Crippen molar-refractivity contribution < 1.29 is 47.8 Å². The van der Waals surface area contributed by atoms with Crippen molar-refractivity contribution in [2.45, 2.75) is 162 Å². The smallest absolute Gasteiger partial charge is 0.253 e. The summed E-state index contributed by atoms with van der Waals surface area (Å²) in [5.41, 5.74) is 6.98. The minimum Gasteiger partial charge on any atom is -0.379 e. The second-order valence-electron chi connectivity index (χ2n) is 21.8. The molecule has 2 heterocycles. The van der Waals surface area contributed by atoms with Gasteiger partial charge < -0.3 is 19.7 Å². The third-order valence-corrected chi connectivity index (χ3v) is 15.3. The van der Waals surface area contributed by atoms with Crippen molar-refractivity contribution in [1.29, 1.82) is 0 Å². The predicted molar refractivity (Wildman–Crippen MR) is 302 cm³/mol. The Kier molecular flexibility index (Phi) is 27.0. The molecule has 2 aliphatic rings. The molecule has 2 aliphatic heterocycles. The summed E-state index contributed by atoms with van der Waals surface area (Å²) in [4.78, 5) is 112. The Morgan fingerprint density at radius 1 is 0.744 bits per heavy atom. The van der Waals surface area contributed by atoms with Crippen molar-refractivity contribution in [1.82, 2.24) is 41.1 Å². The lowest BCUT2D eigenvalue weighted by atomic mass is 9.87. The van der Waals surface area contributed by atoms with Crippen LogP contribution in [0.3, 0.4) is 0 Å². The van der Waals surface area contributed by atoms with E-state index in [2.05, 4.69) is 35.3 Å². The molecule has 4 rings (SSSR count). The first kappa shape index (κ1) is 64.4. The molecular weight excluding hydrogens is 993 g/mol. The summed E-state index contributed by atoms with van der Waals surface area (Å²) in [5, 5.41) is 5.99. The first-order chi connectivity index (χ1) is 37.2. The topological polar surface area (TPSA) is 216 Å². The Labute approximate surface area is 463 Å². The van der Waals surface area contributed by atoms with Crippen LogP contribution in [0.2, 0.25) is 0 Å². The number of nitrogens with zero attached hydrogens (tertiary/aromatic N) is 4. The normalized spacial score (nSPS) is 17.8. The molecule has 78 heavy (non-hydrogen) atoms. The minimum absolute atomic E-state index is 0.0237. The number of nitrogens with one attached hydrogen (secondary N) is 4. The number of amides is 8. The maximum absolute atomic E-state index is 14.6. The maximum Gasteiger partial charge on any atom is 0.253 e. The average molecular weight is 1080 g/mol. The Morgan fingerprint density at radius 3 is 1.91 bits per heavy atom. The van der Waals surface area contributed by atoms with Crippen LogP contribution in [0, 0.1) is 23.7 Å². The van der Waals surface area contributed by atoms with E-state index in [1.165, 1.54) is 12.2 Å². The number of benzene rings is 2. The molecule has 0 spiro atoms. The summed E-state index contributed by atoms with van der Waals surface area (Å²) in [5.74, 6) is -3.71. The molecule has 1 fully saturated rings. The van der Waals surface area contributed by atoms with E-state index in [1.807, 2.05) is 129 Å². The van der Waals surface area contributed by atoms with Gasteiger partial charge in [0.15, 0.2) is 0 Å². The maximum atomic E-state index is 14.6. The first-order valence-electron chi connectivity index (χ1n) is 28.0. The first-order valence-corrected chi connectivity index (χ1v) is 28.0. The van der Waals surface area contributed by atoms with Crippen LogP contribution in [0.4, 0.5) is 0 Å². The lowest BCUT2D eigenvalue weighted by molar-refractivity contribution is -0.144. The third-order valence-electron chi connectivity index (χ3n) is 15.3. The van der Waals surface area contributed by atoms with Gasteiger partial charge in [-0.05, 0) is 88.0 Å². The Bertz CT molecular complexity index is 2310. The van der Waals surface area contributed by atoms with Crippen molar-refractivity contribution in [2.75, 3.05) is 47.9 Å². The van der Waals surface area contributed by atoms with Crippen LogP contribution in [0.1, 0.15) is 124 Å². The highest BCUT2D eigenvalue weighted by atomic mass is 16.5. The number of methoxy groups -OCH3 is 2. The molecule has 0 aliphatic carbocycles. The third kappa shape index (κ3) is 19.4. The number of likely N-dealkylation sites (N-methyl/N-ethyl adjacent to an activating group) is 2. The number of ether oxygens (including phenoxy) is 2. The summed E-state index contributed by atoms with van der Waals surface area (Å²) in [6.07, 6.45) is 10.4. The van der Waals surface area contributed by atoms with Crippen LogP contribution in [0.25, 0.3) is 6.08 Å². The highest BCUT2D eigenvalue weighted by molar-refractivity contribution is 6.12. The van der Waals surface area contributed by atoms with E-state index in [0.29, 0.717) is 51.6 Å². The zero-order valence-corrected chi connectivity index (χ0v) is 48.2. The molecule has 1 saturated heterocycles. The molecule has 2 aromatic rings. The Morgan fingerprint density at radius 2 is 1.33 bits per heavy atom. The fourth-order valence-corrected chi connectivity index (χ4v) is 11.0.